The molecule has 2 N–H and O–H groups in total. The van der Waals surface area contributed by atoms with Gasteiger partial charge in [-0.15, -0.1) is 11.3 Å². The van der Waals surface area contributed by atoms with Gasteiger partial charge in [-0.2, -0.15) is 0 Å². The lowest BCUT2D eigenvalue weighted by molar-refractivity contribution is 0.00193. The van der Waals surface area contributed by atoms with E-state index in [9.17, 15) is 14.7 Å². The molecule has 110 valence electrons. The molecule has 1 amide bonds. The first-order valence-corrected chi connectivity index (χ1v) is 7.86. The van der Waals surface area contributed by atoms with Crippen molar-refractivity contribution in [1.82, 2.24) is 5.32 Å². The van der Waals surface area contributed by atoms with Crippen LogP contribution in [0.2, 0.25) is 0 Å². The Morgan fingerprint density at radius 1 is 1.50 bits per heavy atom. The van der Waals surface area contributed by atoms with E-state index in [0.717, 1.165) is 25.7 Å². The number of carbonyl (C=O) groups excluding carboxylic acids is 2. The molecule has 2 rings (SSSR count). The molecule has 20 heavy (non-hydrogen) atoms. The van der Waals surface area contributed by atoms with E-state index in [1.54, 1.807) is 11.4 Å². The van der Waals surface area contributed by atoms with Crippen LogP contribution >= 0.6 is 11.3 Å². The van der Waals surface area contributed by atoms with Gasteiger partial charge in [-0.3, -0.25) is 9.59 Å². The molecular formula is C15H21NO3S. The lowest BCUT2D eigenvalue weighted by Crippen LogP contribution is -2.45. The van der Waals surface area contributed by atoms with Crippen LogP contribution in [0.25, 0.3) is 0 Å². The Kier molecular flexibility index (Phi) is 4.60. The number of amides is 1. The Morgan fingerprint density at radius 2 is 2.25 bits per heavy atom. The standard InChI is InChI=1S/C15H21NO3S/c1-10(17)11-7-12(20-8-11)14(19)16-9-15(2)6-4-3-5-13(15)18/h7-8,13,18H,3-6,9H2,1-2H3,(H,16,19). The maximum absolute atomic E-state index is 12.1. The summed E-state index contributed by atoms with van der Waals surface area (Å²) in [4.78, 5) is 23.8. The van der Waals surface area contributed by atoms with E-state index in [1.807, 2.05) is 6.92 Å². The van der Waals surface area contributed by atoms with Gasteiger partial charge in [-0.05, 0) is 25.8 Å². The van der Waals surface area contributed by atoms with E-state index in [-0.39, 0.29) is 23.2 Å². The minimum Gasteiger partial charge on any atom is -0.392 e. The molecule has 1 aliphatic carbocycles. The van der Waals surface area contributed by atoms with Crippen molar-refractivity contribution in [2.45, 2.75) is 45.6 Å². The number of rotatable bonds is 4. The molecule has 2 atom stereocenters. The van der Waals surface area contributed by atoms with Crippen molar-refractivity contribution in [3.05, 3.63) is 21.9 Å². The zero-order valence-corrected chi connectivity index (χ0v) is 12.8. The third-order valence-corrected chi connectivity index (χ3v) is 5.09. The SMILES string of the molecule is CC(=O)c1csc(C(=O)NCC2(C)CCCCC2O)c1. The quantitative estimate of drug-likeness (QED) is 0.839. The molecule has 1 saturated carbocycles. The van der Waals surface area contributed by atoms with Crippen LogP contribution in [-0.4, -0.2) is 29.4 Å². The minimum atomic E-state index is -0.354. The van der Waals surface area contributed by atoms with Crippen molar-refractivity contribution >= 4 is 23.0 Å². The Morgan fingerprint density at radius 3 is 2.85 bits per heavy atom. The molecule has 0 bridgehead atoms. The van der Waals surface area contributed by atoms with Gasteiger partial charge in [0.15, 0.2) is 5.78 Å². The predicted octanol–water partition coefficient (Wildman–Crippen LogP) is 2.62. The van der Waals surface area contributed by atoms with E-state index in [2.05, 4.69) is 5.32 Å². The number of carbonyl (C=O) groups is 2. The Balaban J connectivity index is 1.95. The first-order valence-electron chi connectivity index (χ1n) is 6.98. The summed E-state index contributed by atoms with van der Waals surface area (Å²) in [5.74, 6) is -0.198. The number of Topliss-reactive ketones (excluding diaryl/α,β-unsaturated/α-hetero) is 1. The van der Waals surface area contributed by atoms with Gasteiger partial charge < -0.3 is 10.4 Å². The number of nitrogens with one attached hydrogen (secondary N) is 1. The number of thiophene rings is 1. The fourth-order valence-electron chi connectivity index (χ4n) is 2.60. The van der Waals surface area contributed by atoms with Gasteiger partial charge in [0.25, 0.3) is 5.91 Å². The first-order chi connectivity index (χ1) is 9.42. The molecule has 1 fully saturated rings. The second kappa shape index (κ2) is 6.06. The fourth-order valence-corrected chi connectivity index (χ4v) is 3.46. The topological polar surface area (TPSA) is 66.4 Å². The third-order valence-electron chi connectivity index (χ3n) is 4.16. The molecule has 0 radical (unpaired) electrons. The van der Waals surface area contributed by atoms with Crippen molar-refractivity contribution in [3.63, 3.8) is 0 Å². The molecule has 5 heteroatoms. The van der Waals surface area contributed by atoms with Crippen LogP contribution < -0.4 is 5.32 Å². The molecule has 4 nitrogen and oxygen atoms in total. The Labute approximate surface area is 123 Å². The van der Waals surface area contributed by atoms with E-state index in [4.69, 9.17) is 0 Å². The summed E-state index contributed by atoms with van der Waals surface area (Å²) in [5, 5.41) is 14.7. The van der Waals surface area contributed by atoms with Crippen molar-refractivity contribution < 1.29 is 14.7 Å². The van der Waals surface area contributed by atoms with Crippen molar-refractivity contribution in [3.8, 4) is 0 Å². The molecule has 1 heterocycles. The van der Waals surface area contributed by atoms with E-state index < -0.39 is 0 Å². The van der Waals surface area contributed by atoms with Gasteiger partial charge in [0, 0.05) is 22.9 Å². The average molecular weight is 295 g/mol. The summed E-state index contributed by atoms with van der Waals surface area (Å²) in [6.07, 6.45) is 3.53. The van der Waals surface area contributed by atoms with Gasteiger partial charge in [-0.1, -0.05) is 19.8 Å². The maximum atomic E-state index is 12.1. The first kappa shape index (κ1) is 15.2. The molecule has 1 aromatic heterocycles. The molecule has 0 aliphatic heterocycles. The van der Waals surface area contributed by atoms with Crippen LogP contribution in [0.15, 0.2) is 11.4 Å². The van der Waals surface area contributed by atoms with Crippen LogP contribution in [0.5, 0.6) is 0 Å². The number of ketones is 1. The van der Waals surface area contributed by atoms with Gasteiger partial charge in [-0.25, -0.2) is 0 Å². The Bertz CT molecular complexity index is 511. The van der Waals surface area contributed by atoms with Crippen molar-refractivity contribution in [1.29, 1.82) is 0 Å². The number of aliphatic hydroxyl groups excluding tert-OH is 1. The number of aliphatic hydroxyl groups is 1. The van der Waals surface area contributed by atoms with E-state index >= 15 is 0 Å². The summed E-state index contributed by atoms with van der Waals surface area (Å²) in [5.41, 5.74) is 0.332. The Hall–Kier alpha value is -1.20. The summed E-state index contributed by atoms with van der Waals surface area (Å²) >= 11 is 1.28. The molecule has 1 aliphatic rings. The third kappa shape index (κ3) is 3.27. The lowest BCUT2D eigenvalue weighted by atomic mass is 9.73. The van der Waals surface area contributed by atoms with Crippen LogP contribution in [0.1, 0.15) is 59.6 Å². The molecular weight excluding hydrogens is 274 g/mol. The van der Waals surface area contributed by atoms with Crippen LogP contribution in [0.4, 0.5) is 0 Å². The zero-order valence-electron chi connectivity index (χ0n) is 11.9. The van der Waals surface area contributed by atoms with Crippen LogP contribution in [-0.2, 0) is 0 Å². The second-order valence-electron chi connectivity index (χ2n) is 5.85. The predicted molar refractivity (Wildman–Crippen MR) is 79.2 cm³/mol. The summed E-state index contributed by atoms with van der Waals surface area (Å²) in [7, 11) is 0. The highest BCUT2D eigenvalue weighted by atomic mass is 32.1. The summed E-state index contributed by atoms with van der Waals surface area (Å²) < 4.78 is 0. The minimum absolute atomic E-state index is 0.0324. The molecule has 0 aromatic carbocycles. The lowest BCUT2D eigenvalue weighted by Gasteiger charge is -2.38. The van der Waals surface area contributed by atoms with Crippen molar-refractivity contribution in [2.75, 3.05) is 6.54 Å². The monoisotopic (exact) mass is 295 g/mol. The molecule has 0 spiro atoms. The normalized spacial score (nSPS) is 26.2. The van der Waals surface area contributed by atoms with Crippen LogP contribution in [0.3, 0.4) is 0 Å². The van der Waals surface area contributed by atoms with Gasteiger partial charge >= 0.3 is 0 Å². The number of hydrogen-bond acceptors (Lipinski definition) is 4. The summed E-state index contributed by atoms with van der Waals surface area (Å²) in [6.45, 7) is 3.98. The van der Waals surface area contributed by atoms with Gasteiger partial charge in [0.1, 0.15) is 0 Å². The highest BCUT2D eigenvalue weighted by Crippen LogP contribution is 2.35. The highest BCUT2D eigenvalue weighted by Gasteiger charge is 2.35. The largest absolute Gasteiger partial charge is 0.392 e. The molecule has 0 saturated heterocycles. The van der Waals surface area contributed by atoms with Crippen molar-refractivity contribution in [2.24, 2.45) is 5.41 Å². The maximum Gasteiger partial charge on any atom is 0.261 e. The second-order valence-corrected chi connectivity index (χ2v) is 6.77. The fraction of sp³-hybridized carbons (Fsp3) is 0.600. The van der Waals surface area contributed by atoms with E-state index in [1.165, 1.54) is 18.3 Å². The van der Waals surface area contributed by atoms with Gasteiger partial charge in [0.2, 0.25) is 0 Å². The summed E-state index contributed by atoms with van der Waals surface area (Å²) in [6, 6.07) is 1.63. The molecule has 1 aromatic rings. The zero-order chi connectivity index (χ0) is 14.8. The highest BCUT2D eigenvalue weighted by molar-refractivity contribution is 7.12. The van der Waals surface area contributed by atoms with Crippen LogP contribution in [0, 0.1) is 5.41 Å². The smallest absolute Gasteiger partial charge is 0.261 e. The van der Waals surface area contributed by atoms with Gasteiger partial charge in [0.05, 0.1) is 11.0 Å². The molecule has 2 unspecified atom stereocenters. The number of hydrogen-bond donors (Lipinski definition) is 2. The van der Waals surface area contributed by atoms with E-state index in [0.29, 0.717) is 17.0 Å². The average Bonchev–Trinajstić information content (AvgIpc) is 2.90.